The smallest absolute Gasteiger partial charge is 0.255 e. The van der Waals surface area contributed by atoms with E-state index in [0.29, 0.717) is 24.7 Å². The number of fused-ring (bicyclic) bond motifs is 1. The number of nitrogens with zero attached hydrogens (tertiary/aromatic N) is 3. The molecule has 0 bridgehead atoms. The number of carbonyl (C=O) groups excluding carboxylic acids is 1. The molecular weight excluding hydrogens is 282 g/mol. The van der Waals surface area contributed by atoms with E-state index in [1.54, 1.807) is 4.90 Å². The normalized spacial score (nSPS) is 21.2. The van der Waals surface area contributed by atoms with E-state index in [1.165, 1.54) is 5.56 Å². The van der Waals surface area contributed by atoms with E-state index >= 15 is 0 Å². The molecule has 1 unspecified atom stereocenters. The molecule has 6 heteroatoms. The minimum Gasteiger partial charge on any atom is -0.368 e. The number of para-hydroxylation sites is 1. The van der Waals surface area contributed by atoms with Crippen LogP contribution in [0.4, 0.5) is 5.69 Å². The second kappa shape index (κ2) is 5.53. The Morgan fingerprint density at radius 2 is 2.18 bits per heavy atom. The fourth-order valence-electron chi connectivity index (χ4n) is 3.05. The summed E-state index contributed by atoms with van der Waals surface area (Å²) in [5.41, 5.74) is 2.13. The Labute approximate surface area is 128 Å². The molecular formula is C16H17N3O3. The average molecular weight is 299 g/mol. The van der Waals surface area contributed by atoms with E-state index in [9.17, 15) is 4.79 Å². The van der Waals surface area contributed by atoms with Crippen molar-refractivity contribution in [2.45, 2.75) is 38.3 Å². The highest BCUT2D eigenvalue weighted by molar-refractivity contribution is 5.96. The molecule has 1 amide bonds. The molecule has 1 fully saturated rings. The lowest BCUT2D eigenvalue weighted by Gasteiger charge is -2.28. The van der Waals surface area contributed by atoms with Gasteiger partial charge in [-0.1, -0.05) is 23.4 Å². The minimum absolute atomic E-state index is 0.0920. The molecule has 0 N–H and O–H groups in total. The van der Waals surface area contributed by atoms with Crippen LogP contribution in [-0.2, 0) is 22.5 Å². The Kier molecular flexibility index (Phi) is 3.38. The third kappa shape index (κ3) is 2.39. The molecule has 0 aliphatic carbocycles. The van der Waals surface area contributed by atoms with Crippen LogP contribution in [-0.4, -0.2) is 22.7 Å². The molecule has 0 saturated carbocycles. The van der Waals surface area contributed by atoms with Crippen LogP contribution in [0.25, 0.3) is 0 Å². The molecule has 4 rings (SSSR count). The predicted molar refractivity (Wildman–Crippen MR) is 78.2 cm³/mol. The van der Waals surface area contributed by atoms with Crippen LogP contribution in [0.15, 0.2) is 28.8 Å². The zero-order chi connectivity index (χ0) is 14.9. The number of hydrogen-bond acceptors (Lipinski definition) is 5. The highest BCUT2D eigenvalue weighted by Gasteiger charge is 2.27. The van der Waals surface area contributed by atoms with Crippen LogP contribution < -0.4 is 4.90 Å². The van der Waals surface area contributed by atoms with Crippen LogP contribution >= 0.6 is 0 Å². The minimum atomic E-state index is -0.0920. The second-order valence-corrected chi connectivity index (χ2v) is 5.66. The molecule has 1 saturated heterocycles. The SMILES string of the molecule is O=C1CCc2ccccc2N1Cc1noc(C2CCCO2)n1. The van der Waals surface area contributed by atoms with Gasteiger partial charge in [0.1, 0.15) is 6.10 Å². The molecule has 0 radical (unpaired) electrons. The summed E-state index contributed by atoms with van der Waals surface area (Å²) >= 11 is 0. The van der Waals surface area contributed by atoms with Gasteiger partial charge in [0.05, 0.1) is 6.54 Å². The number of hydrogen-bond donors (Lipinski definition) is 0. The van der Waals surface area contributed by atoms with Crippen molar-refractivity contribution in [2.24, 2.45) is 0 Å². The third-order valence-electron chi connectivity index (χ3n) is 4.18. The van der Waals surface area contributed by atoms with Crippen molar-refractivity contribution in [3.8, 4) is 0 Å². The summed E-state index contributed by atoms with van der Waals surface area (Å²) in [6.45, 7) is 1.08. The van der Waals surface area contributed by atoms with E-state index in [1.807, 2.05) is 18.2 Å². The van der Waals surface area contributed by atoms with Gasteiger partial charge in [-0.2, -0.15) is 4.98 Å². The van der Waals surface area contributed by atoms with Crippen LogP contribution in [0.5, 0.6) is 0 Å². The van der Waals surface area contributed by atoms with Crippen molar-refractivity contribution < 1.29 is 14.1 Å². The van der Waals surface area contributed by atoms with E-state index in [4.69, 9.17) is 9.26 Å². The van der Waals surface area contributed by atoms with E-state index in [2.05, 4.69) is 16.2 Å². The summed E-state index contributed by atoms with van der Waals surface area (Å²) in [4.78, 5) is 18.4. The monoisotopic (exact) mass is 299 g/mol. The number of anilines is 1. The Morgan fingerprint density at radius 1 is 1.27 bits per heavy atom. The van der Waals surface area contributed by atoms with Gasteiger partial charge in [-0.3, -0.25) is 4.79 Å². The van der Waals surface area contributed by atoms with Crippen LogP contribution in [0, 0.1) is 0 Å². The summed E-state index contributed by atoms with van der Waals surface area (Å²) < 4.78 is 10.8. The Morgan fingerprint density at radius 3 is 3.05 bits per heavy atom. The maximum absolute atomic E-state index is 12.2. The standard InChI is InChI=1S/C16H17N3O3/c20-15-8-7-11-4-1-2-5-12(11)19(15)10-14-17-16(22-18-14)13-6-3-9-21-13/h1-2,4-5,13H,3,6-10H2. The molecule has 1 aromatic heterocycles. The quantitative estimate of drug-likeness (QED) is 0.870. The lowest BCUT2D eigenvalue weighted by molar-refractivity contribution is -0.119. The first-order valence-corrected chi connectivity index (χ1v) is 7.63. The fraction of sp³-hybridized carbons (Fsp3) is 0.438. The number of rotatable bonds is 3. The molecule has 2 aliphatic heterocycles. The van der Waals surface area contributed by atoms with Crippen molar-refractivity contribution in [1.29, 1.82) is 0 Å². The highest BCUT2D eigenvalue weighted by atomic mass is 16.5. The maximum atomic E-state index is 12.2. The van der Waals surface area contributed by atoms with Gasteiger partial charge in [-0.15, -0.1) is 0 Å². The Hall–Kier alpha value is -2.21. The number of ether oxygens (including phenoxy) is 1. The molecule has 2 aliphatic rings. The third-order valence-corrected chi connectivity index (χ3v) is 4.18. The van der Waals surface area contributed by atoms with Gasteiger partial charge in [0.25, 0.3) is 5.89 Å². The molecule has 1 aromatic carbocycles. The Balaban J connectivity index is 1.56. The highest BCUT2D eigenvalue weighted by Crippen LogP contribution is 2.30. The summed E-state index contributed by atoms with van der Waals surface area (Å²) in [7, 11) is 0. The summed E-state index contributed by atoms with van der Waals surface area (Å²) in [6, 6.07) is 7.96. The first-order valence-electron chi connectivity index (χ1n) is 7.63. The van der Waals surface area contributed by atoms with Gasteiger partial charge >= 0.3 is 0 Å². The molecule has 3 heterocycles. The van der Waals surface area contributed by atoms with Crippen molar-refractivity contribution in [1.82, 2.24) is 10.1 Å². The van der Waals surface area contributed by atoms with Gasteiger partial charge in [-0.05, 0) is 30.9 Å². The van der Waals surface area contributed by atoms with E-state index in [0.717, 1.165) is 31.6 Å². The average Bonchev–Trinajstić information content (AvgIpc) is 3.21. The molecule has 22 heavy (non-hydrogen) atoms. The van der Waals surface area contributed by atoms with Crippen molar-refractivity contribution in [3.63, 3.8) is 0 Å². The van der Waals surface area contributed by atoms with Gasteiger partial charge in [0.15, 0.2) is 5.82 Å². The zero-order valence-electron chi connectivity index (χ0n) is 12.2. The van der Waals surface area contributed by atoms with E-state index in [-0.39, 0.29) is 12.0 Å². The summed E-state index contributed by atoms with van der Waals surface area (Å²) in [6.07, 6.45) is 3.14. The Bertz CT molecular complexity index is 691. The zero-order valence-corrected chi connectivity index (χ0v) is 12.2. The lowest BCUT2D eigenvalue weighted by Crippen LogP contribution is -2.34. The first kappa shape index (κ1) is 13.5. The second-order valence-electron chi connectivity index (χ2n) is 5.66. The largest absolute Gasteiger partial charge is 0.368 e. The summed E-state index contributed by atoms with van der Waals surface area (Å²) in [5.74, 6) is 1.14. The predicted octanol–water partition coefficient (Wildman–Crippen LogP) is 2.40. The fourth-order valence-corrected chi connectivity index (χ4v) is 3.05. The lowest BCUT2D eigenvalue weighted by atomic mass is 10.0. The van der Waals surface area contributed by atoms with E-state index < -0.39 is 0 Å². The number of aryl methyl sites for hydroxylation is 1. The number of carbonyl (C=O) groups is 1. The first-order chi connectivity index (χ1) is 10.8. The molecule has 2 aromatic rings. The number of aromatic nitrogens is 2. The maximum Gasteiger partial charge on any atom is 0.255 e. The number of benzene rings is 1. The molecule has 114 valence electrons. The van der Waals surface area contributed by atoms with Crippen LogP contribution in [0.3, 0.4) is 0 Å². The van der Waals surface area contributed by atoms with Gasteiger partial charge in [0.2, 0.25) is 5.91 Å². The number of amides is 1. The summed E-state index contributed by atoms with van der Waals surface area (Å²) in [5, 5.41) is 4.00. The van der Waals surface area contributed by atoms with Crippen LogP contribution in [0.2, 0.25) is 0 Å². The molecule has 0 spiro atoms. The van der Waals surface area contributed by atoms with Gasteiger partial charge in [-0.25, -0.2) is 0 Å². The van der Waals surface area contributed by atoms with Crippen LogP contribution in [0.1, 0.15) is 42.6 Å². The molecule has 1 atom stereocenters. The topological polar surface area (TPSA) is 68.5 Å². The van der Waals surface area contributed by atoms with Crippen molar-refractivity contribution >= 4 is 11.6 Å². The van der Waals surface area contributed by atoms with Crippen molar-refractivity contribution in [2.75, 3.05) is 11.5 Å². The van der Waals surface area contributed by atoms with Gasteiger partial charge in [0, 0.05) is 18.7 Å². The van der Waals surface area contributed by atoms with Crippen molar-refractivity contribution in [3.05, 3.63) is 41.5 Å². The molecule has 6 nitrogen and oxygen atoms in total. The van der Waals surface area contributed by atoms with Gasteiger partial charge < -0.3 is 14.2 Å².